The molecule has 1 rings (SSSR count). The lowest BCUT2D eigenvalue weighted by Crippen LogP contribution is -2.04. The van der Waals surface area contributed by atoms with E-state index in [1.807, 2.05) is 0 Å². The Balaban J connectivity index is 2.81. The van der Waals surface area contributed by atoms with Gasteiger partial charge >= 0.3 is 0 Å². The molecule has 0 fully saturated rings. The third kappa shape index (κ3) is 3.78. The predicted molar refractivity (Wildman–Crippen MR) is 67.8 cm³/mol. The van der Waals surface area contributed by atoms with Crippen LogP contribution in [0, 0.1) is 10.1 Å². The topological polar surface area (TPSA) is 75.4 Å². The molecule has 0 aliphatic carbocycles. The van der Waals surface area contributed by atoms with Crippen LogP contribution in [0.2, 0.25) is 5.02 Å². The van der Waals surface area contributed by atoms with Gasteiger partial charge < -0.3 is 10.4 Å². The van der Waals surface area contributed by atoms with E-state index in [-0.39, 0.29) is 16.5 Å². The van der Waals surface area contributed by atoms with Gasteiger partial charge in [-0.05, 0) is 12.5 Å². The minimum Gasteiger partial charge on any atom is -0.506 e. The van der Waals surface area contributed by atoms with Gasteiger partial charge in [0.2, 0.25) is 0 Å². The maximum atomic E-state index is 10.8. The number of hydrogen-bond acceptors (Lipinski definition) is 4. The van der Waals surface area contributed by atoms with Crippen molar-refractivity contribution in [3.05, 3.63) is 27.3 Å². The number of unbranched alkanes of at least 4 members (excludes halogenated alkanes) is 2. The molecular formula is C11H15ClN2O3. The molecule has 1 aromatic carbocycles. The summed E-state index contributed by atoms with van der Waals surface area (Å²) in [5.74, 6) is -0.280. The quantitative estimate of drug-likeness (QED) is 0.354. The highest BCUT2D eigenvalue weighted by Crippen LogP contribution is 2.34. The Morgan fingerprint density at radius 1 is 1.47 bits per heavy atom. The number of nitro benzene ring substituents is 1. The van der Waals surface area contributed by atoms with Crippen molar-refractivity contribution in [1.82, 2.24) is 0 Å². The first-order valence-electron chi connectivity index (χ1n) is 5.47. The number of anilines is 1. The highest BCUT2D eigenvalue weighted by Gasteiger charge is 2.16. The molecule has 0 aromatic heterocycles. The highest BCUT2D eigenvalue weighted by molar-refractivity contribution is 6.32. The van der Waals surface area contributed by atoms with Crippen molar-refractivity contribution < 1.29 is 10.0 Å². The third-order valence-electron chi connectivity index (χ3n) is 2.36. The van der Waals surface area contributed by atoms with Gasteiger partial charge in [0.25, 0.3) is 5.69 Å². The molecule has 6 heteroatoms. The van der Waals surface area contributed by atoms with Gasteiger partial charge in [-0.3, -0.25) is 10.1 Å². The van der Waals surface area contributed by atoms with Gasteiger partial charge in [-0.1, -0.05) is 31.4 Å². The van der Waals surface area contributed by atoms with E-state index in [1.54, 1.807) is 0 Å². The molecule has 0 aliphatic rings. The molecule has 0 radical (unpaired) electrons. The zero-order valence-electron chi connectivity index (χ0n) is 9.57. The van der Waals surface area contributed by atoms with Gasteiger partial charge in [0, 0.05) is 6.54 Å². The van der Waals surface area contributed by atoms with Crippen LogP contribution in [0.25, 0.3) is 0 Å². The summed E-state index contributed by atoms with van der Waals surface area (Å²) < 4.78 is 0. The number of nitro groups is 1. The summed E-state index contributed by atoms with van der Waals surface area (Å²) in [5, 5.41) is 23.2. The minimum absolute atomic E-state index is 0.105. The summed E-state index contributed by atoms with van der Waals surface area (Å²) in [6.07, 6.45) is 3.08. The Morgan fingerprint density at radius 3 is 2.76 bits per heavy atom. The molecule has 5 nitrogen and oxygen atoms in total. The molecule has 0 atom stereocenters. The van der Waals surface area contributed by atoms with Gasteiger partial charge in [0.1, 0.15) is 11.4 Å². The van der Waals surface area contributed by atoms with E-state index in [9.17, 15) is 15.2 Å². The first-order valence-corrected chi connectivity index (χ1v) is 5.84. The van der Waals surface area contributed by atoms with Crippen molar-refractivity contribution in [3.8, 4) is 5.75 Å². The molecule has 0 saturated carbocycles. The zero-order valence-corrected chi connectivity index (χ0v) is 10.3. The second-order valence-electron chi connectivity index (χ2n) is 3.71. The fourth-order valence-electron chi connectivity index (χ4n) is 1.44. The molecule has 0 unspecified atom stereocenters. The van der Waals surface area contributed by atoms with E-state index < -0.39 is 4.92 Å². The maximum Gasteiger partial charge on any atom is 0.296 e. The zero-order chi connectivity index (χ0) is 12.8. The van der Waals surface area contributed by atoms with Gasteiger partial charge in [0.05, 0.1) is 16.0 Å². The molecule has 0 amide bonds. The second-order valence-corrected chi connectivity index (χ2v) is 4.12. The number of halogens is 1. The molecule has 0 heterocycles. The van der Waals surface area contributed by atoms with E-state index in [0.29, 0.717) is 12.2 Å². The summed E-state index contributed by atoms with van der Waals surface area (Å²) in [6, 6.07) is 2.44. The summed E-state index contributed by atoms with van der Waals surface area (Å²) in [7, 11) is 0. The number of nitrogens with one attached hydrogen (secondary N) is 1. The molecule has 0 saturated heterocycles. The highest BCUT2D eigenvalue weighted by atomic mass is 35.5. The molecular weight excluding hydrogens is 244 g/mol. The number of aromatic hydroxyl groups is 1. The van der Waals surface area contributed by atoms with Crippen molar-refractivity contribution >= 4 is 23.0 Å². The van der Waals surface area contributed by atoms with Crippen molar-refractivity contribution in [2.75, 3.05) is 11.9 Å². The molecule has 2 N–H and O–H groups in total. The van der Waals surface area contributed by atoms with Gasteiger partial charge in [-0.2, -0.15) is 0 Å². The summed E-state index contributed by atoms with van der Waals surface area (Å²) in [5.41, 5.74) is 0.178. The summed E-state index contributed by atoms with van der Waals surface area (Å²) in [6.45, 7) is 2.73. The first kappa shape index (κ1) is 13.6. The van der Waals surface area contributed by atoms with E-state index in [0.717, 1.165) is 25.3 Å². The van der Waals surface area contributed by atoms with Crippen LogP contribution in [-0.2, 0) is 0 Å². The number of phenolic OH excluding ortho intramolecular Hbond substituents is 1. The molecule has 17 heavy (non-hydrogen) atoms. The number of benzene rings is 1. The van der Waals surface area contributed by atoms with Crippen LogP contribution in [0.5, 0.6) is 5.75 Å². The molecule has 0 bridgehead atoms. The average molecular weight is 259 g/mol. The van der Waals surface area contributed by atoms with Crippen LogP contribution in [0.3, 0.4) is 0 Å². The van der Waals surface area contributed by atoms with Crippen molar-refractivity contribution in [1.29, 1.82) is 0 Å². The van der Waals surface area contributed by atoms with Crippen molar-refractivity contribution in [2.45, 2.75) is 26.2 Å². The number of phenols is 1. The molecule has 0 spiro atoms. The lowest BCUT2D eigenvalue weighted by atomic mass is 10.2. The van der Waals surface area contributed by atoms with Crippen LogP contribution < -0.4 is 5.32 Å². The van der Waals surface area contributed by atoms with Gasteiger partial charge in [-0.25, -0.2) is 0 Å². The van der Waals surface area contributed by atoms with Crippen LogP contribution in [0.1, 0.15) is 26.2 Å². The predicted octanol–water partition coefficient (Wildman–Crippen LogP) is 3.56. The van der Waals surface area contributed by atoms with Crippen LogP contribution in [-0.4, -0.2) is 16.6 Å². The number of hydrogen-bond donors (Lipinski definition) is 2. The SMILES string of the molecule is CCCCCNc1cc(Cl)c(O)cc1[N+](=O)[O-]. The largest absolute Gasteiger partial charge is 0.506 e. The fourth-order valence-corrected chi connectivity index (χ4v) is 1.61. The normalized spacial score (nSPS) is 10.2. The minimum atomic E-state index is -0.543. The average Bonchev–Trinajstić information content (AvgIpc) is 2.28. The maximum absolute atomic E-state index is 10.8. The van der Waals surface area contributed by atoms with E-state index in [1.165, 1.54) is 6.07 Å². The molecule has 94 valence electrons. The standard InChI is InChI=1S/C11H15ClN2O3/c1-2-3-4-5-13-9-6-8(12)11(15)7-10(9)14(16)17/h6-7,13,15H,2-5H2,1H3. The van der Waals surface area contributed by atoms with Crippen LogP contribution in [0.15, 0.2) is 12.1 Å². The third-order valence-corrected chi connectivity index (χ3v) is 2.66. The van der Waals surface area contributed by atoms with Crippen LogP contribution >= 0.6 is 11.6 Å². The van der Waals surface area contributed by atoms with Crippen LogP contribution in [0.4, 0.5) is 11.4 Å². The van der Waals surface area contributed by atoms with Crippen molar-refractivity contribution in [3.63, 3.8) is 0 Å². The first-order chi connectivity index (χ1) is 8.06. The Morgan fingerprint density at radius 2 is 2.18 bits per heavy atom. The van der Waals surface area contributed by atoms with Gasteiger partial charge in [0.15, 0.2) is 0 Å². The fraction of sp³-hybridized carbons (Fsp3) is 0.455. The lowest BCUT2D eigenvalue weighted by Gasteiger charge is -2.08. The Kier molecular flexibility index (Phi) is 5.03. The van der Waals surface area contributed by atoms with E-state index in [2.05, 4.69) is 12.2 Å². The number of rotatable bonds is 6. The summed E-state index contributed by atoms with van der Waals surface area (Å²) in [4.78, 5) is 10.2. The summed E-state index contributed by atoms with van der Waals surface area (Å²) >= 11 is 5.72. The molecule has 0 aliphatic heterocycles. The molecule has 1 aromatic rings. The van der Waals surface area contributed by atoms with Gasteiger partial charge in [-0.15, -0.1) is 0 Å². The van der Waals surface area contributed by atoms with E-state index in [4.69, 9.17) is 11.6 Å². The monoisotopic (exact) mass is 258 g/mol. The smallest absolute Gasteiger partial charge is 0.296 e. The lowest BCUT2D eigenvalue weighted by molar-refractivity contribution is -0.384. The van der Waals surface area contributed by atoms with Crippen molar-refractivity contribution in [2.24, 2.45) is 0 Å². The Labute approximate surface area is 105 Å². The number of nitrogens with zero attached hydrogens (tertiary/aromatic N) is 1. The Hall–Kier alpha value is -1.49. The van der Waals surface area contributed by atoms with E-state index >= 15 is 0 Å². The second kappa shape index (κ2) is 6.30. The Bertz CT molecular complexity index is 410.